The van der Waals surface area contributed by atoms with Gasteiger partial charge in [0.25, 0.3) is 0 Å². The topological polar surface area (TPSA) is 43.4 Å². The van der Waals surface area contributed by atoms with Gasteiger partial charge in [-0.25, -0.2) is 0 Å². The third-order valence-corrected chi connectivity index (χ3v) is 4.14. The van der Waals surface area contributed by atoms with Crippen LogP contribution >= 0.6 is 23.2 Å². The first kappa shape index (κ1) is 16.5. The van der Waals surface area contributed by atoms with Gasteiger partial charge in [-0.15, -0.1) is 0 Å². The Morgan fingerprint density at radius 1 is 1.00 bits per heavy atom. The minimum absolute atomic E-state index is 0.100. The Hall–Kier alpha value is -2.36. The Kier molecular flexibility index (Phi) is 4.56. The molecule has 5 heteroatoms. The predicted octanol–water partition coefficient (Wildman–Crippen LogP) is 5.02. The second-order valence-electron chi connectivity index (χ2n) is 5.18. The zero-order valence-corrected chi connectivity index (χ0v) is 14.0. The molecule has 0 saturated carbocycles. The summed E-state index contributed by atoms with van der Waals surface area (Å²) in [5.41, 5.74) is 1.48. The van der Waals surface area contributed by atoms with E-state index in [2.05, 4.69) is 6.58 Å². The summed E-state index contributed by atoms with van der Waals surface area (Å²) in [6.07, 6.45) is 3.08. The van der Waals surface area contributed by atoms with E-state index in [0.717, 1.165) is 0 Å². The van der Waals surface area contributed by atoms with Gasteiger partial charge in [0.2, 0.25) is 0 Å². The maximum atomic E-state index is 12.4. The molecule has 2 aromatic rings. The number of carbonyl (C=O) groups excluding carboxylic acids is 2. The second-order valence-corrected chi connectivity index (χ2v) is 5.99. The Bertz CT molecular complexity index is 837. The Morgan fingerprint density at radius 3 is 2.04 bits per heavy atom. The average Bonchev–Trinajstić information content (AvgIpc) is 2.80. The van der Waals surface area contributed by atoms with Crippen LogP contribution in [0.5, 0.6) is 5.75 Å². The zero-order valence-electron chi connectivity index (χ0n) is 12.5. The van der Waals surface area contributed by atoms with Crippen molar-refractivity contribution in [3.63, 3.8) is 0 Å². The third kappa shape index (κ3) is 2.88. The number of hydrogen-bond donors (Lipinski definition) is 0. The van der Waals surface area contributed by atoms with Crippen LogP contribution in [-0.2, 0) is 0 Å². The smallest absolute Gasteiger partial charge is 0.197 e. The summed E-state index contributed by atoms with van der Waals surface area (Å²) < 4.78 is 5.40. The van der Waals surface area contributed by atoms with Crippen molar-refractivity contribution in [3.05, 3.63) is 81.4 Å². The Morgan fingerprint density at radius 2 is 1.54 bits per heavy atom. The van der Waals surface area contributed by atoms with Gasteiger partial charge in [0.05, 0.1) is 15.6 Å². The molecule has 0 spiro atoms. The lowest BCUT2D eigenvalue weighted by atomic mass is 10.1. The highest BCUT2D eigenvalue weighted by Crippen LogP contribution is 2.36. The highest BCUT2D eigenvalue weighted by Gasteiger charge is 2.32. The lowest BCUT2D eigenvalue weighted by molar-refractivity contribution is 0.0990. The number of Topliss-reactive ketones (excluding diaryl/α,β-unsaturated/α-hetero) is 2. The number of rotatable bonds is 4. The normalized spacial score (nSPS) is 13.0. The van der Waals surface area contributed by atoms with Gasteiger partial charge in [0.1, 0.15) is 6.61 Å². The lowest BCUT2D eigenvalue weighted by Crippen LogP contribution is -2.00. The van der Waals surface area contributed by atoms with Crippen molar-refractivity contribution in [1.82, 2.24) is 0 Å². The first-order valence-corrected chi connectivity index (χ1v) is 7.91. The fourth-order valence-corrected chi connectivity index (χ4v) is 3.13. The molecular formula is C19H12Cl2O3. The molecular weight excluding hydrogens is 347 g/mol. The Labute approximate surface area is 149 Å². The number of ketones is 2. The summed E-state index contributed by atoms with van der Waals surface area (Å²) in [6.45, 7) is 3.83. The second kappa shape index (κ2) is 6.63. The molecule has 0 unspecified atom stereocenters. The molecule has 0 bridgehead atoms. The van der Waals surface area contributed by atoms with Crippen LogP contribution in [0.4, 0.5) is 0 Å². The van der Waals surface area contributed by atoms with Gasteiger partial charge in [-0.1, -0.05) is 60.1 Å². The van der Waals surface area contributed by atoms with Crippen molar-refractivity contribution >= 4 is 40.8 Å². The van der Waals surface area contributed by atoms with Crippen LogP contribution in [0.15, 0.2) is 54.6 Å². The van der Waals surface area contributed by atoms with E-state index in [4.69, 9.17) is 27.9 Å². The molecule has 120 valence electrons. The monoisotopic (exact) mass is 358 g/mol. The molecule has 1 aliphatic rings. The molecule has 3 nitrogen and oxygen atoms in total. The average molecular weight is 359 g/mol. The van der Waals surface area contributed by atoms with E-state index in [1.807, 2.05) is 0 Å². The van der Waals surface area contributed by atoms with Gasteiger partial charge in [-0.2, -0.15) is 0 Å². The first-order valence-electron chi connectivity index (χ1n) is 7.15. The predicted molar refractivity (Wildman–Crippen MR) is 95.2 cm³/mol. The van der Waals surface area contributed by atoms with Crippen LogP contribution in [0, 0.1) is 0 Å². The summed E-state index contributed by atoms with van der Waals surface area (Å²) in [4.78, 5) is 24.8. The highest BCUT2D eigenvalue weighted by molar-refractivity contribution is 6.41. The molecule has 24 heavy (non-hydrogen) atoms. The molecule has 0 aromatic heterocycles. The SMILES string of the molecule is C=CCOc1c(Cl)cc(C=C2C(=O)c3ccccc3C2=O)cc1Cl. The lowest BCUT2D eigenvalue weighted by Gasteiger charge is -2.09. The van der Waals surface area contributed by atoms with E-state index < -0.39 is 0 Å². The van der Waals surface area contributed by atoms with Gasteiger partial charge >= 0.3 is 0 Å². The van der Waals surface area contributed by atoms with Crippen molar-refractivity contribution in [2.24, 2.45) is 0 Å². The summed E-state index contributed by atoms with van der Waals surface area (Å²) in [7, 11) is 0. The molecule has 2 aromatic carbocycles. The standard InChI is InChI=1S/C19H12Cl2O3/c1-2-7-24-19-15(20)9-11(10-16(19)21)8-14-17(22)12-5-3-4-6-13(12)18(14)23/h2-6,8-10H,1,7H2. The third-order valence-electron chi connectivity index (χ3n) is 3.58. The van der Waals surface area contributed by atoms with Crippen LogP contribution in [0.25, 0.3) is 6.08 Å². The first-order chi connectivity index (χ1) is 11.5. The molecule has 0 fully saturated rings. The molecule has 0 amide bonds. The van der Waals surface area contributed by atoms with Gasteiger partial charge in [0.15, 0.2) is 17.3 Å². The van der Waals surface area contributed by atoms with Crippen molar-refractivity contribution in [1.29, 1.82) is 0 Å². The molecule has 0 radical (unpaired) electrons. The molecule has 0 heterocycles. The number of allylic oxidation sites excluding steroid dienone is 1. The van der Waals surface area contributed by atoms with Gasteiger partial charge in [0, 0.05) is 11.1 Å². The van der Waals surface area contributed by atoms with E-state index >= 15 is 0 Å². The quantitative estimate of drug-likeness (QED) is 0.437. The van der Waals surface area contributed by atoms with Crippen LogP contribution in [-0.4, -0.2) is 18.2 Å². The summed E-state index contributed by atoms with van der Waals surface area (Å²) >= 11 is 12.3. The minimum Gasteiger partial charge on any atom is -0.486 e. The van der Waals surface area contributed by atoms with Crippen LogP contribution in [0.1, 0.15) is 26.3 Å². The van der Waals surface area contributed by atoms with Crippen molar-refractivity contribution in [2.75, 3.05) is 6.61 Å². The van der Waals surface area contributed by atoms with Crippen molar-refractivity contribution < 1.29 is 14.3 Å². The van der Waals surface area contributed by atoms with E-state index in [-0.39, 0.29) is 23.7 Å². The number of ether oxygens (including phenoxy) is 1. The number of fused-ring (bicyclic) bond motifs is 1. The molecule has 0 atom stereocenters. The van der Waals surface area contributed by atoms with E-state index in [9.17, 15) is 9.59 Å². The van der Waals surface area contributed by atoms with Crippen molar-refractivity contribution in [2.45, 2.75) is 0 Å². The van der Waals surface area contributed by atoms with E-state index in [1.54, 1.807) is 42.5 Å². The number of hydrogen-bond acceptors (Lipinski definition) is 3. The van der Waals surface area contributed by atoms with Crippen LogP contribution in [0.3, 0.4) is 0 Å². The van der Waals surface area contributed by atoms with Crippen LogP contribution in [0.2, 0.25) is 10.0 Å². The highest BCUT2D eigenvalue weighted by atomic mass is 35.5. The van der Waals surface area contributed by atoms with E-state index in [0.29, 0.717) is 32.5 Å². The Balaban J connectivity index is 2.00. The number of halogens is 2. The zero-order chi connectivity index (χ0) is 17.3. The maximum absolute atomic E-state index is 12.4. The molecule has 0 N–H and O–H groups in total. The summed E-state index contributed by atoms with van der Waals surface area (Å²) in [6, 6.07) is 9.94. The number of carbonyl (C=O) groups is 2. The van der Waals surface area contributed by atoms with Crippen molar-refractivity contribution in [3.8, 4) is 5.75 Å². The largest absolute Gasteiger partial charge is 0.486 e. The van der Waals surface area contributed by atoms with Crippen LogP contribution < -0.4 is 4.74 Å². The maximum Gasteiger partial charge on any atom is 0.197 e. The molecule has 0 saturated heterocycles. The number of benzene rings is 2. The molecule has 1 aliphatic carbocycles. The minimum atomic E-state index is -0.296. The van der Waals surface area contributed by atoms with Gasteiger partial charge in [-0.05, 0) is 23.8 Å². The fraction of sp³-hybridized carbons (Fsp3) is 0.0526. The molecule has 3 rings (SSSR count). The summed E-state index contributed by atoms with van der Waals surface area (Å²) in [5, 5.41) is 0.596. The van der Waals surface area contributed by atoms with E-state index in [1.165, 1.54) is 6.08 Å². The van der Waals surface area contributed by atoms with Gasteiger partial charge < -0.3 is 4.74 Å². The fourth-order valence-electron chi connectivity index (χ4n) is 2.51. The molecule has 0 aliphatic heterocycles. The van der Waals surface area contributed by atoms with Gasteiger partial charge in [-0.3, -0.25) is 9.59 Å². The summed E-state index contributed by atoms with van der Waals surface area (Å²) in [5.74, 6) is -0.252.